The van der Waals surface area contributed by atoms with Crippen LogP contribution in [0.25, 0.3) is 0 Å². The fourth-order valence-electron chi connectivity index (χ4n) is 7.36. The number of aliphatic hydroxyl groups is 1. The molecular weight excluding hydrogens is 368 g/mol. The zero-order valence-corrected chi connectivity index (χ0v) is 18.0. The second kappa shape index (κ2) is 7.26. The van der Waals surface area contributed by atoms with E-state index in [-0.39, 0.29) is 16.7 Å². The molecule has 0 aromatic rings. The predicted octanol–water partition coefficient (Wildman–Crippen LogP) is 4.44. The molecule has 0 radical (unpaired) electrons. The van der Waals surface area contributed by atoms with Crippen molar-refractivity contribution in [2.45, 2.75) is 71.5 Å². The zero-order valence-electron chi connectivity index (χ0n) is 18.0. The van der Waals surface area contributed by atoms with Gasteiger partial charge in [-0.25, -0.2) is 4.79 Å². The Kier molecular flexibility index (Phi) is 5.17. The Morgan fingerprint density at radius 1 is 1.24 bits per heavy atom. The number of allylic oxidation sites excluding steroid dienone is 3. The van der Waals surface area contributed by atoms with Crippen molar-refractivity contribution in [1.29, 1.82) is 0 Å². The highest BCUT2D eigenvalue weighted by atomic mass is 16.7. The van der Waals surface area contributed by atoms with Gasteiger partial charge in [0.1, 0.15) is 12.4 Å². The molecular formula is C24H34O5. The number of methoxy groups -OCH3 is 1. The van der Waals surface area contributed by atoms with E-state index in [1.54, 1.807) is 0 Å². The van der Waals surface area contributed by atoms with Crippen LogP contribution in [0, 0.1) is 34.5 Å². The molecule has 0 aliphatic heterocycles. The Morgan fingerprint density at radius 3 is 2.69 bits per heavy atom. The third kappa shape index (κ3) is 2.99. The van der Waals surface area contributed by atoms with Crippen molar-refractivity contribution < 1.29 is 24.2 Å². The molecule has 0 bridgehead atoms. The zero-order chi connectivity index (χ0) is 21.0. The summed E-state index contributed by atoms with van der Waals surface area (Å²) in [7, 11) is 1.33. The van der Waals surface area contributed by atoms with E-state index in [1.807, 2.05) is 0 Å². The van der Waals surface area contributed by atoms with Crippen LogP contribution in [0.3, 0.4) is 0 Å². The van der Waals surface area contributed by atoms with Gasteiger partial charge >= 0.3 is 6.16 Å². The number of hydrogen-bond donors (Lipinski definition) is 1. The highest BCUT2D eigenvalue weighted by Gasteiger charge is 2.59. The topological polar surface area (TPSA) is 72.8 Å². The summed E-state index contributed by atoms with van der Waals surface area (Å²) in [5.74, 6) is 1.29. The lowest BCUT2D eigenvalue weighted by atomic mass is 9.49. The lowest BCUT2D eigenvalue weighted by Crippen LogP contribution is -2.53. The Hall–Kier alpha value is -1.62. The number of fused-ring (bicyclic) bond motifs is 5. The van der Waals surface area contributed by atoms with E-state index in [2.05, 4.69) is 32.9 Å². The molecule has 0 heterocycles. The molecule has 29 heavy (non-hydrogen) atoms. The van der Waals surface area contributed by atoms with Gasteiger partial charge in [0.2, 0.25) is 0 Å². The van der Waals surface area contributed by atoms with Crippen LogP contribution in [0.15, 0.2) is 23.3 Å². The van der Waals surface area contributed by atoms with Gasteiger partial charge < -0.3 is 19.4 Å². The molecule has 5 heteroatoms. The Morgan fingerprint density at radius 2 is 2.00 bits per heavy atom. The van der Waals surface area contributed by atoms with Crippen LogP contribution in [-0.4, -0.2) is 36.9 Å². The van der Waals surface area contributed by atoms with Crippen LogP contribution in [0.5, 0.6) is 0 Å². The maximum atomic E-state index is 12.0. The van der Waals surface area contributed by atoms with E-state index in [0.29, 0.717) is 30.6 Å². The minimum Gasteiger partial charge on any atom is -0.438 e. The standard InChI is InChI=1S/C24H34O5/c1-14(13-25)18-7-8-19-17-6-5-15-11-16(26)12-21(29-22(27)28-4)24(15,3)20(17)9-10-23(18,19)2/h5-6,13-14,16,18-21,26H,7-12H2,1-4H3/t14?,16-,18-,19+,20+,21+,23-,24+/m1/s1. The Labute approximate surface area is 173 Å². The molecule has 4 rings (SSSR count). The minimum absolute atomic E-state index is 0.0904. The lowest BCUT2D eigenvalue weighted by Gasteiger charge is -2.56. The van der Waals surface area contributed by atoms with Crippen LogP contribution in [0.2, 0.25) is 0 Å². The van der Waals surface area contributed by atoms with Crippen LogP contribution < -0.4 is 0 Å². The summed E-state index contributed by atoms with van der Waals surface area (Å²) in [6, 6.07) is 0. The molecule has 4 aliphatic carbocycles. The summed E-state index contributed by atoms with van der Waals surface area (Å²) in [6.45, 7) is 6.65. The first-order valence-electron chi connectivity index (χ1n) is 11.0. The smallest absolute Gasteiger partial charge is 0.438 e. The highest BCUT2D eigenvalue weighted by molar-refractivity contribution is 5.60. The SMILES string of the molecule is COC(=O)O[C@H]1C[C@H](O)CC2=CC=C3[C@@H]4CC[C@H](C(C)C=O)[C@@]4(C)CC[C@@H]3[C@]21C. The quantitative estimate of drug-likeness (QED) is 0.558. The average molecular weight is 403 g/mol. The maximum absolute atomic E-state index is 12.0. The van der Waals surface area contributed by atoms with Gasteiger partial charge in [-0.1, -0.05) is 44.1 Å². The number of ether oxygens (including phenoxy) is 2. The third-order valence-corrected chi connectivity index (χ3v) is 8.94. The first kappa shape index (κ1) is 20.6. The molecule has 5 nitrogen and oxygen atoms in total. The Balaban J connectivity index is 1.70. The minimum atomic E-state index is -0.679. The van der Waals surface area contributed by atoms with Gasteiger partial charge in [0.05, 0.1) is 13.2 Å². The van der Waals surface area contributed by atoms with Crippen molar-refractivity contribution in [3.05, 3.63) is 23.3 Å². The monoisotopic (exact) mass is 402 g/mol. The summed E-state index contributed by atoms with van der Waals surface area (Å²) in [5, 5.41) is 10.4. The van der Waals surface area contributed by atoms with Gasteiger partial charge in [-0.15, -0.1) is 0 Å². The van der Waals surface area contributed by atoms with Gasteiger partial charge in [0.25, 0.3) is 0 Å². The molecule has 160 valence electrons. The molecule has 0 aromatic heterocycles. The number of hydrogen-bond acceptors (Lipinski definition) is 5. The number of carbonyl (C=O) groups is 2. The van der Waals surface area contributed by atoms with Gasteiger partial charge in [-0.2, -0.15) is 0 Å². The number of rotatable bonds is 3. The highest BCUT2D eigenvalue weighted by Crippen LogP contribution is 2.66. The van der Waals surface area contributed by atoms with Gasteiger partial charge in [0, 0.05) is 17.8 Å². The van der Waals surface area contributed by atoms with E-state index in [0.717, 1.165) is 32.0 Å². The van der Waals surface area contributed by atoms with Crippen molar-refractivity contribution in [2.24, 2.45) is 34.5 Å². The van der Waals surface area contributed by atoms with Gasteiger partial charge in [0.15, 0.2) is 0 Å². The van der Waals surface area contributed by atoms with Crippen LogP contribution in [0.1, 0.15) is 59.3 Å². The van der Waals surface area contributed by atoms with Crippen molar-refractivity contribution in [3.63, 3.8) is 0 Å². The molecule has 1 N–H and O–H groups in total. The van der Waals surface area contributed by atoms with Crippen LogP contribution >= 0.6 is 0 Å². The van der Waals surface area contributed by atoms with E-state index in [4.69, 9.17) is 9.47 Å². The molecule has 0 amide bonds. The first-order chi connectivity index (χ1) is 13.8. The van der Waals surface area contributed by atoms with Crippen molar-refractivity contribution in [2.75, 3.05) is 7.11 Å². The van der Waals surface area contributed by atoms with Crippen LogP contribution in [-0.2, 0) is 14.3 Å². The molecule has 4 aliphatic rings. The summed E-state index contributed by atoms with van der Waals surface area (Å²) in [5.41, 5.74) is 2.48. The molecule has 3 saturated carbocycles. The fraction of sp³-hybridized carbons (Fsp3) is 0.750. The van der Waals surface area contributed by atoms with E-state index >= 15 is 0 Å². The van der Waals surface area contributed by atoms with Crippen LogP contribution in [0.4, 0.5) is 4.79 Å². The lowest BCUT2D eigenvalue weighted by molar-refractivity contribution is -0.114. The second-order valence-corrected chi connectivity index (χ2v) is 10.1. The Bertz CT molecular complexity index is 754. The summed E-state index contributed by atoms with van der Waals surface area (Å²) in [6.07, 6.45) is 9.39. The van der Waals surface area contributed by atoms with E-state index in [9.17, 15) is 14.7 Å². The fourth-order valence-corrected chi connectivity index (χ4v) is 7.36. The molecule has 3 fully saturated rings. The summed E-state index contributed by atoms with van der Waals surface area (Å²) >= 11 is 0. The van der Waals surface area contributed by atoms with Crippen molar-refractivity contribution >= 4 is 12.4 Å². The molecule has 1 unspecified atom stereocenters. The molecule has 0 aromatic carbocycles. The largest absolute Gasteiger partial charge is 0.508 e. The summed E-state index contributed by atoms with van der Waals surface area (Å²) in [4.78, 5) is 23.5. The molecule has 0 spiro atoms. The normalized spacial score (nSPS) is 44.4. The summed E-state index contributed by atoms with van der Waals surface area (Å²) < 4.78 is 10.5. The van der Waals surface area contributed by atoms with Gasteiger partial charge in [-0.05, 0) is 55.3 Å². The number of aliphatic hydroxyl groups excluding tert-OH is 1. The van der Waals surface area contributed by atoms with Crippen molar-refractivity contribution in [3.8, 4) is 0 Å². The molecule has 8 atom stereocenters. The van der Waals surface area contributed by atoms with E-state index in [1.165, 1.54) is 18.3 Å². The molecule has 0 saturated heterocycles. The van der Waals surface area contributed by atoms with Crippen molar-refractivity contribution in [1.82, 2.24) is 0 Å². The first-order valence-corrected chi connectivity index (χ1v) is 11.0. The van der Waals surface area contributed by atoms with E-state index < -0.39 is 18.4 Å². The third-order valence-electron chi connectivity index (χ3n) is 8.94. The number of carbonyl (C=O) groups excluding carboxylic acids is 2. The number of aldehydes is 1. The second-order valence-electron chi connectivity index (χ2n) is 10.1. The maximum Gasteiger partial charge on any atom is 0.508 e. The average Bonchev–Trinajstić information content (AvgIpc) is 3.05. The predicted molar refractivity (Wildman–Crippen MR) is 109 cm³/mol. The van der Waals surface area contributed by atoms with Gasteiger partial charge in [-0.3, -0.25) is 0 Å².